The molecule has 9 heteroatoms. The van der Waals surface area contributed by atoms with E-state index in [0.29, 0.717) is 18.5 Å². The molecule has 0 bridgehead atoms. The highest BCUT2D eigenvalue weighted by atomic mass is 32.1. The Balaban J connectivity index is 1.22. The molecular weight excluding hydrogens is 553 g/mol. The molecule has 3 aromatic rings. The maximum Gasteiger partial charge on any atom is 0.355 e. The second-order valence-corrected chi connectivity index (χ2v) is 13.7. The number of hydrogen-bond acceptors (Lipinski definition) is 5. The van der Waals surface area contributed by atoms with E-state index in [-0.39, 0.29) is 29.0 Å². The number of halogens is 1. The standard InChI is InChI=1S/C33H36FN3O4S/c1-31-16-19-18-35-37(22-9-7-21(34)8-10-22)26(19)15-20(31)6-11-23-24-12-13-33(30(40)42,32(24,2)17-27(38)28(23)31)41-29(39)25-5-4-14-36(25)3/h4-5,7-10,14-15,18,23-24,27-28,38H,6,11-13,16-17H2,1-3H3,(H,40,42)/t23-,24-,27-,28+,31-,32-,33-/m0/s1. The summed E-state index contributed by atoms with van der Waals surface area (Å²) in [5.74, 6) is -0.565. The number of aryl methyl sites for hydroxylation is 1. The summed E-state index contributed by atoms with van der Waals surface area (Å²) in [6.45, 7) is 4.29. The summed E-state index contributed by atoms with van der Waals surface area (Å²) in [7, 11) is 1.77. The number of benzene rings is 1. The summed E-state index contributed by atoms with van der Waals surface area (Å²) in [6, 6.07) is 9.81. The van der Waals surface area contributed by atoms with Gasteiger partial charge < -0.3 is 14.4 Å². The lowest BCUT2D eigenvalue weighted by Gasteiger charge is -2.60. The molecule has 0 radical (unpaired) electrons. The van der Waals surface area contributed by atoms with E-state index in [9.17, 15) is 19.1 Å². The molecule has 2 heterocycles. The Bertz CT molecular complexity index is 1630. The van der Waals surface area contributed by atoms with E-state index in [2.05, 4.69) is 30.7 Å². The number of aromatic nitrogens is 3. The zero-order valence-electron chi connectivity index (χ0n) is 24.1. The fourth-order valence-corrected chi connectivity index (χ4v) is 9.82. The van der Waals surface area contributed by atoms with Crippen LogP contribution in [0.3, 0.4) is 0 Å². The molecule has 42 heavy (non-hydrogen) atoms. The normalized spacial score (nSPS) is 35.0. The zero-order chi connectivity index (χ0) is 29.6. The molecule has 220 valence electrons. The highest BCUT2D eigenvalue weighted by Gasteiger charge is 2.70. The first kappa shape index (κ1) is 27.7. The van der Waals surface area contributed by atoms with Crippen LogP contribution in [0.5, 0.6) is 0 Å². The Hall–Kier alpha value is -3.17. The van der Waals surface area contributed by atoms with Crippen molar-refractivity contribution in [3.05, 3.63) is 77.1 Å². The Morgan fingerprint density at radius 3 is 2.62 bits per heavy atom. The van der Waals surface area contributed by atoms with Crippen molar-refractivity contribution in [2.75, 3.05) is 0 Å². The lowest BCUT2D eigenvalue weighted by Crippen LogP contribution is -2.62. The summed E-state index contributed by atoms with van der Waals surface area (Å²) in [5, 5.41) is 16.2. The van der Waals surface area contributed by atoms with E-state index in [4.69, 9.17) is 4.74 Å². The molecule has 0 amide bonds. The summed E-state index contributed by atoms with van der Waals surface area (Å²) in [5.41, 5.74) is 2.19. The van der Waals surface area contributed by atoms with Gasteiger partial charge in [-0.3, -0.25) is 4.79 Å². The van der Waals surface area contributed by atoms with Gasteiger partial charge in [0.1, 0.15) is 11.5 Å². The van der Waals surface area contributed by atoms with Crippen molar-refractivity contribution in [3.63, 3.8) is 0 Å². The predicted molar refractivity (Wildman–Crippen MR) is 159 cm³/mol. The van der Waals surface area contributed by atoms with Crippen molar-refractivity contribution >= 4 is 29.8 Å². The number of fused-ring (bicyclic) bond motifs is 6. The van der Waals surface area contributed by atoms with Crippen LogP contribution in [-0.2, 0) is 23.0 Å². The van der Waals surface area contributed by atoms with Gasteiger partial charge in [0.25, 0.3) is 0 Å². The molecule has 4 aliphatic carbocycles. The molecule has 2 aromatic heterocycles. The maximum atomic E-state index is 13.6. The van der Waals surface area contributed by atoms with E-state index in [0.717, 1.165) is 42.6 Å². The number of rotatable bonds is 4. The van der Waals surface area contributed by atoms with Crippen LogP contribution in [0.4, 0.5) is 4.39 Å². The minimum Gasteiger partial charge on any atom is -0.445 e. The van der Waals surface area contributed by atoms with E-state index >= 15 is 0 Å². The molecule has 0 spiro atoms. The Labute approximate surface area is 250 Å². The number of allylic oxidation sites excluding steroid dienone is 1. The summed E-state index contributed by atoms with van der Waals surface area (Å²) in [6.07, 6.45) is 9.20. The van der Waals surface area contributed by atoms with Crippen LogP contribution in [0.15, 0.2) is 54.4 Å². The first-order valence-electron chi connectivity index (χ1n) is 14.8. The van der Waals surface area contributed by atoms with E-state index < -0.39 is 28.2 Å². The van der Waals surface area contributed by atoms with Gasteiger partial charge in [-0.05, 0) is 110 Å². The number of aliphatic hydroxyl groups is 1. The van der Waals surface area contributed by atoms with Crippen LogP contribution in [0.25, 0.3) is 11.8 Å². The number of hydrogen-bond donors (Lipinski definition) is 2. The number of esters is 1. The SMILES string of the molecule is Cn1cccc1C(=O)O[C@]1(C(=O)S)CC[C@H]2[C@@H]3CCC4=Cc5c(cnn5-c5ccc(F)cc5)C[C@]4(C)[C@H]3[C@@H](O)C[C@@]21C. The largest absolute Gasteiger partial charge is 0.445 e. The monoisotopic (exact) mass is 589 g/mol. The third-order valence-corrected chi connectivity index (χ3v) is 11.7. The lowest BCUT2D eigenvalue weighted by molar-refractivity contribution is -0.174. The van der Waals surface area contributed by atoms with Gasteiger partial charge in [-0.2, -0.15) is 5.10 Å². The van der Waals surface area contributed by atoms with Crippen molar-refractivity contribution in [3.8, 4) is 5.69 Å². The van der Waals surface area contributed by atoms with Gasteiger partial charge in [0.05, 0.1) is 23.7 Å². The van der Waals surface area contributed by atoms with E-state index in [1.807, 2.05) is 17.8 Å². The van der Waals surface area contributed by atoms with Crippen molar-refractivity contribution in [1.29, 1.82) is 0 Å². The van der Waals surface area contributed by atoms with Crippen LogP contribution in [0, 0.1) is 34.4 Å². The van der Waals surface area contributed by atoms with Crippen LogP contribution < -0.4 is 0 Å². The first-order valence-corrected chi connectivity index (χ1v) is 15.2. The van der Waals surface area contributed by atoms with Crippen LogP contribution in [-0.4, -0.2) is 42.2 Å². The minimum absolute atomic E-state index is 0.00714. The average Bonchev–Trinajstić information content (AvgIpc) is 3.63. The highest BCUT2D eigenvalue weighted by Crippen LogP contribution is 2.68. The molecule has 7 atom stereocenters. The van der Waals surface area contributed by atoms with Gasteiger partial charge in [0.2, 0.25) is 5.12 Å². The number of nitrogens with zero attached hydrogens (tertiary/aromatic N) is 3. The van der Waals surface area contributed by atoms with Gasteiger partial charge in [-0.1, -0.05) is 19.4 Å². The topological polar surface area (TPSA) is 86.4 Å². The van der Waals surface area contributed by atoms with Crippen LogP contribution in [0.1, 0.15) is 67.7 Å². The summed E-state index contributed by atoms with van der Waals surface area (Å²) < 4.78 is 23.3. The van der Waals surface area contributed by atoms with Gasteiger partial charge in [0, 0.05) is 18.7 Å². The molecule has 0 aliphatic heterocycles. The number of aliphatic hydroxyl groups excluding tert-OH is 1. The summed E-state index contributed by atoms with van der Waals surface area (Å²) in [4.78, 5) is 26.6. The van der Waals surface area contributed by atoms with Crippen molar-refractivity contribution in [2.24, 2.45) is 35.6 Å². The van der Waals surface area contributed by atoms with Gasteiger partial charge in [-0.25, -0.2) is 13.9 Å². The second-order valence-electron chi connectivity index (χ2n) is 13.3. The fourth-order valence-electron chi connectivity index (χ4n) is 9.41. The molecule has 7 rings (SSSR count). The van der Waals surface area contributed by atoms with Crippen molar-refractivity contribution in [2.45, 2.75) is 64.1 Å². The fraction of sp³-hybridized carbons (Fsp3) is 0.485. The Morgan fingerprint density at radius 1 is 1.17 bits per heavy atom. The molecule has 1 aromatic carbocycles. The number of ether oxygens (including phenoxy) is 1. The minimum atomic E-state index is -1.40. The van der Waals surface area contributed by atoms with Crippen molar-refractivity contribution in [1.82, 2.24) is 14.3 Å². The third kappa shape index (κ3) is 3.71. The Morgan fingerprint density at radius 2 is 1.93 bits per heavy atom. The van der Waals surface area contributed by atoms with Gasteiger partial charge >= 0.3 is 5.97 Å². The lowest BCUT2D eigenvalue weighted by atomic mass is 9.45. The van der Waals surface area contributed by atoms with E-state index in [1.165, 1.54) is 17.7 Å². The molecule has 4 aliphatic rings. The zero-order valence-corrected chi connectivity index (χ0v) is 25.0. The number of thiol groups is 1. The van der Waals surface area contributed by atoms with Gasteiger partial charge in [0.15, 0.2) is 5.60 Å². The number of carbonyl (C=O) groups excluding carboxylic acids is 2. The van der Waals surface area contributed by atoms with Crippen LogP contribution in [0.2, 0.25) is 0 Å². The van der Waals surface area contributed by atoms with E-state index in [1.54, 1.807) is 42.1 Å². The Kier molecular flexibility index (Phi) is 6.20. The smallest absolute Gasteiger partial charge is 0.355 e. The molecular formula is C33H36FN3O4S. The molecule has 3 saturated carbocycles. The summed E-state index contributed by atoms with van der Waals surface area (Å²) >= 11 is 4.31. The first-order chi connectivity index (χ1) is 20.0. The molecule has 0 saturated heterocycles. The number of carbonyl (C=O) groups is 2. The molecule has 7 nitrogen and oxygen atoms in total. The molecule has 1 N–H and O–H groups in total. The van der Waals surface area contributed by atoms with Crippen LogP contribution >= 0.6 is 12.6 Å². The average molecular weight is 590 g/mol. The maximum absolute atomic E-state index is 13.6. The molecule has 0 unspecified atom stereocenters. The predicted octanol–water partition coefficient (Wildman–Crippen LogP) is 5.56. The van der Waals surface area contributed by atoms with Crippen molar-refractivity contribution < 1.29 is 23.8 Å². The third-order valence-electron chi connectivity index (χ3n) is 11.4. The highest BCUT2D eigenvalue weighted by molar-refractivity contribution is 7.96. The second kappa shape index (κ2) is 9.41. The van der Waals surface area contributed by atoms with Gasteiger partial charge in [-0.15, -0.1) is 12.6 Å². The molecule has 3 fully saturated rings. The quantitative estimate of drug-likeness (QED) is 0.308.